The topological polar surface area (TPSA) is 90.7 Å². The average molecular weight is 386 g/mol. The second-order valence-electron chi connectivity index (χ2n) is 6.86. The molecule has 0 fully saturated rings. The third-order valence-electron chi connectivity index (χ3n) is 4.51. The smallest absolute Gasteiger partial charge is 0.240 e. The molecule has 3 heterocycles. The van der Waals surface area contributed by atoms with Crippen LogP contribution in [0.3, 0.4) is 0 Å². The maximum absolute atomic E-state index is 13.2. The van der Waals surface area contributed by atoms with Crippen molar-refractivity contribution in [3.05, 3.63) is 57.0 Å². The van der Waals surface area contributed by atoms with E-state index in [0.29, 0.717) is 29.2 Å². The van der Waals surface area contributed by atoms with Crippen LogP contribution in [0.5, 0.6) is 0 Å². The Balaban J connectivity index is 2.07. The number of carbonyl (C=O) groups excluding carboxylic acids is 2. The van der Waals surface area contributed by atoms with Gasteiger partial charge in [0.2, 0.25) is 11.7 Å². The summed E-state index contributed by atoms with van der Waals surface area (Å²) in [6, 6.07) is 2.79. The summed E-state index contributed by atoms with van der Waals surface area (Å²) in [6.07, 6.45) is 3.20. The van der Waals surface area contributed by atoms with Crippen molar-refractivity contribution in [3.63, 3.8) is 0 Å². The Morgan fingerprint density at radius 3 is 2.52 bits per heavy atom. The van der Waals surface area contributed by atoms with E-state index in [1.54, 1.807) is 31.5 Å². The first-order valence-corrected chi connectivity index (χ1v) is 9.52. The van der Waals surface area contributed by atoms with Gasteiger partial charge in [0.15, 0.2) is 0 Å². The molecule has 1 aliphatic heterocycles. The first-order valence-electron chi connectivity index (χ1n) is 8.71. The molecule has 2 aromatic rings. The fourth-order valence-electron chi connectivity index (χ4n) is 3.20. The number of likely N-dealkylation sites (N-methyl/N-ethyl adjacent to an activating group) is 1. The fourth-order valence-corrected chi connectivity index (χ4v) is 4.08. The van der Waals surface area contributed by atoms with Crippen LogP contribution in [0.4, 0.5) is 0 Å². The monoisotopic (exact) mass is 386 g/mol. The minimum Gasteiger partial charge on any atom is -0.868 e. The number of aryl methyl sites for hydroxylation is 2. The number of amides is 1. The molecule has 27 heavy (non-hydrogen) atoms. The summed E-state index contributed by atoms with van der Waals surface area (Å²) < 4.78 is 0. The number of Topliss-reactive ketones (excluding diaryl/α,β-unsaturated/α-hetero) is 1. The maximum Gasteiger partial charge on any atom is 0.240 e. The highest BCUT2D eigenvalue weighted by molar-refractivity contribution is 7.14. The maximum atomic E-state index is 13.2. The molecule has 0 aromatic carbocycles. The van der Waals surface area contributed by atoms with Crippen LogP contribution in [-0.2, 0) is 4.79 Å². The van der Waals surface area contributed by atoms with Gasteiger partial charge in [-0.2, -0.15) is 0 Å². The average Bonchev–Trinajstić information content (AvgIpc) is 3.10. The Kier molecular flexibility index (Phi) is 5.38. The van der Waals surface area contributed by atoms with Crippen LogP contribution in [0.15, 0.2) is 35.9 Å². The van der Waals surface area contributed by atoms with Crippen LogP contribution >= 0.6 is 11.3 Å². The van der Waals surface area contributed by atoms with Gasteiger partial charge in [-0.1, -0.05) is 0 Å². The van der Waals surface area contributed by atoms with Gasteiger partial charge in [0.25, 0.3) is 0 Å². The molecule has 7 nitrogen and oxygen atoms in total. The Labute approximate surface area is 162 Å². The predicted molar refractivity (Wildman–Crippen MR) is 99.3 cm³/mol. The second kappa shape index (κ2) is 7.58. The van der Waals surface area contributed by atoms with Crippen LogP contribution in [0.1, 0.15) is 32.0 Å². The summed E-state index contributed by atoms with van der Waals surface area (Å²) in [5.41, 5.74) is 1.30. The number of rotatable bonds is 6. The summed E-state index contributed by atoms with van der Waals surface area (Å²) in [6.45, 7) is 4.61. The third-order valence-corrected chi connectivity index (χ3v) is 5.59. The molecule has 1 aliphatic rings. The van der Waals surface area contributed by atoms with Crippen molar-refractivity contribution in [1.82, 2.24) is 14.9 Å². The van der Waals surface area contributed by atoms with Crippen LogP contribution in [0.2, 0.25) is 0 Å². The molecule has 0 aliphatic carbocycles. The van der Waals surface area contributed by atoms with E-state index in [4.69, 9.17) is 0 Å². The van der Waals surface area contributed by atoms with E-state index in [9.17, 15) is 14.7 Å². The van der Waals surface area contributed by atoms with Crippen LogP contribution in [0.25, 0.3) is 0 Å². The van der Waals surface area contributed by atoms with Crippen molar-refractivity contribution in [2.75, 3.05) is 27.2 Å². The van der Waals surface area contributed by atoms with Crippen molar-refractivity contribution in [1.29, 1.82) is 0 Å². The highest BCUT2D eigenvalue weighted by atomic mass is 32.1. The largest absolute Gasteiger partial charge is 0.868 e. The number of ketones is 1. The highest BCUT2D eigenvalue weighted by Crippen LogP contribution is 2.38. The van der Waals surface area contributed by atoms with Crippen molar-refractivity contribution >= 4 is 23.0 Å². The van der Waals surface area contributed by atoms with Crippen molar-refractivity contribution < 1.29 is 19.6 Å². The van der Waals surface area contributed by atoms with E-state index in [1.807, 2.05) is 21.0 Å². The molecule has 8 heteroatoms. The number of aromatic nitrogens is 2. The van der Waals surface area contributed by atoms with Gasteiger partial charge in [-0.15, -0.1) is 11.3 Å². The lowest BCUT2D eigenvalue weighted by Gasteiger charge is -2.27. The predicted octanol–water partition coefficient (Wildman–Crippen LogP) is -0.320. The zero-order valence-electron chi connectivity index (χ0n) is 15.8. The highest BCUT2D eigenvalue weighted by Gasteiger charge is 2.40. The standard InChI is InChI=1S/C19H22N4O3S/c1-11-18(27-12(2)21-11)16(24)14-15(13-5-7-20-8-6-13)23(10-9-22(3)4)19(26)17(14)25/h5-8,15,25H,9-10H2,1-4H3. The first kappa shape index (κ1) is 19.2. The molecule has 1 atom stereocenters. The Morgan fingerprint density at radius 2 is 1.96 bits per heavy atom. The minimum absolute atomic E-state index is 0.00621. The van der Waals surface area contributed by atoms with Gasteiger partial charge in [0.1, 0.15) is 0 Å². The number of hydrogen-bond acceptors (Lipinski definition) is 6. The molecule has 1 N–H and O–H groups in total. The van der Waals surface area contributed by atoms with Gasteiger partial charge in [-0.05, 0) is 37.3 Å². The van der Waals surface area contributed by atoms with Crippen molar-refractivity contribution in [3.8, 4) is 0 Å². The van der Waals surface area contributed by atoms with E-state index < -0.39 is 23.5 Å². The first-order chi connectivity index (χ1) is 12.8. The van der Waals surface area contributed by atoms with Gasteiger partial charge < -0.3 is 14.9 Å². The van der Waals surface area contributed by atoms with E-state index in [0.717, 1.165) is 9.91 Å². The third kappa shape index (κ3) is 3.63. The lowest BCUT2D eigenvalue weighted by molar-refractivity contribution is -0.857. The number of pyridine rings is 1. The SMILES string of the molecule is Cc1nc(C)c(C(=O)C2=C([O-])C(=O)N(CC[NH+](C)C)C2c2ccncc2)s1. The lowest BCUT2D eigenvalue weighted by atomic mass is 9.96. The Morgan fingerprint density at radius 1 is 1.30 bits per heavy atom. The number of thiazole rings is 1. The van der Waals surface area contributed by atoms with E-state index >= 15 is 0 Å². The van der Waals surface area contributed by atoms with Crippen molar-refractivity contribution in [2.24, 2.45) is 0 Å². The molecule has 1 amide bonds. The van der Waals surface area contributed by atoms with E-state index in [-0.39, 0.29) is 5.57 Å². The zero-order chi connectivity index (χ0) is 19.7. The molecule has 0 saturated heterocycles. The lowest BCUT2D eigenvalue weighted by Crippen LogP contribution is -3.06. The summed E-state index contributed by atoms with van der Waals surface area (Å²) in [4.78, 5) is 37.3. The molecule has 1 unspecified atom stereocenters. The minimum atomic E-state index is -0.721. The molecular formula is C19H22N4O3S. The summed E-state index contributed by atoms with van der Waals surface area (Å²) >= 11 is 1.25. The zero-order valence-corrected chi connectivity index (χ0v) is 16.6. The number of nitrogens with zero attached hydrogens (tertiary/aromatic N) is 3. The number of carbonyl (C=O) groups is 2. The Bertz CT molecular complexity index is 905. The van der Waals surface area contributed by atoms with Gasteiger partial charge in [0.05, 0.1) is 48.8 Å². The summed E-state index contributed by atoms with van der Waals surface area (Å²) in [7, 11) is 3.95. The number of hydrogen-bond donors (Lipinski definition) is 1. The molecule has 142 valence electrons. The number of quaternary nitrogens is 1. The number of nitrogens with one attached hydrogen (secondary N) is 1. The van der Waals surface area contributed by atoms with Crippen molar-refractivity contribution in [2.45, 2.75) is 19.9 Å². The van der Waals surface area contributed by atoms with Gasteiger partial charge in [-0.25, -0.2) is 4.98 Å². The van der Waals surface area contributed by atoms with E-state index in [1.165, 1.54) is 16.2 Å². The summed E-state index contributed by atoms with van der Waals surface area (Å²) in [5, 5.41) is 13.5. The molecular weight excluding hydrogens is 364 g/mol. The van der Waals surface area contributed by atoms with Gasteiger partial charge in [0, 0.05) is 18.0 Å². The van der Waals surface area contributed by atoms with Gasteiger partial charge >= 0.3 is 0 Å². The molecule has 2 aromatic heterocycles. The normalized spacial score (nSPS) is 17.3. The molecule has 0 radical (unpaired) electrons. The quantitative estimate of drug-likeness (QED) is 0.687. The fraction of sp³-hybridized carbons (Fsp3) is 0.368. The molecule has 0 saturated carbocycles. The van der Waals surface area contributed by atoms with Gasteiger partial charge in [-0.3, -0.25) is 14.6 Å². The second-order valence-corrected chi connectivity index (χ2v) is 8.06. The summed E-state index contributed by atoms with van der Waals surface area (Å²) in [5.74, 6) is -1.75. The van der Waals surface area contributed by atoms with E-state index in [2.05, 4.69) is 9.97 Å². The Hall–Kier alpha value is -2.58. The van der Waals surface area contributed by atoms with Crippen LogP contribution in [0, 0.1) is 13.8 Å². The molecule has 0 bridgehead atoms. The van der Waals surface area contributed by atoms with Crippen LogP contribution < -0.4 is 10.0 Å². The molecule has 3 rings (SSSR count). The van der Waals surface area contributed by atoms with Crippen LogP contribution in [-0.4, -0.2) is 53.7 Å². The molecule has 0 spiro atoms.